The Balaban J connectivity index is 0.915. The Morgan fingerprint density at radius 1 is 0.328 bits per heavy atom. The van der Waals surface area contributed by atoms with Gasteiger partial charge in [0.2, 0.25) is 0 Å². The lowest BCUT2D eigenvalue weighted by atomic mass is 9.65. The first-order chi connectivity index (χ1) is 31.7. The minimum atomic E-state index is -0.548. The number of pyridine rings is 4. The normalized spacial score (nSPS) is 12.9. The summed E-state index contributed by atoms with van der Waals surface area (Å²) in [5.74, 6) is 1.72. The van der Waals surface area contributed by atoms with Crippen molar-refractivity contribution in [2.45, 2.75) is 5.41 Å². The van der Waals surface area contributed by atoms with Crippen molar-refractivity contribution in [3.8, 4) is 78.9 Å². The molecule has 0 fully saturated rings. The van der Waals surface area contributed by atoms with Gasteiger partial charge in [0.05, 0.1) is 39.4 Å². The molecular weight excluding hydrogens is 781 g/mol. The third-order valence-corrected chi connectivity index (χ3v) is 13.1. The maximum Gasteiger partial charge on any atom is 0.132 e. The zero-order chi connectivity index (χ0) is 42.2. The number of benzene rings is 7. The zero-order valence-electron chi connectivity index (χ0n) is 34.5. The Kier molecular flexibility index (Phi) is 8.06. The van der Waals surface area contributed by atoms with Gasteiger partial charge < -0.3 is 4.74 Å². The molecular formula is C59H36N4O. The lowest BCUT2D eigenvalue weighted by Crippen LogP contribution is -2.32. The van der Waals surface area contributed by atoms with Gasteiger partial charge in [-0.25, -0.2) is 9.97 Å². The van der Waals surface area contributed by atoms with E-state index in [1.807, 2.05) is 36.4 Å². The minimum absolute atomic E-state index is 0.548. The molecule has 1 aliphatic carbocycles. The van der Waals surface area contributed by atoms with Crippen LogP contribution in [0, 0.1) is 0 Å². The van der Waals surface area contributed by atoms with Crippen LogP contribution in [0.4, 0.5) is 0 Å². The van der Waals surface area contributed by atoms with Gasteiger partial charge in [-0.2, -0.15) is 0 Å². The summed E-state index contributed by atoms with van der Waals surface area (Å²) in [5.41, 5.74) is 17.4. The van der Waals surface area contributed by atoms with E-state index in [4.69, 9.17) is 14.7 Å². The molecule has 11 aromatic rings. The Morgan fingerprint density at radius 3 is 1.48 bits per heavy atom. The largest absolute Gasteiger partial charge is 0.457 e. The van der Waals surface area contributed by atoms with Crippen molar-refractivity contribution in [1.82, 2.24) is 19.9 Å². The average Bonchev–Trinajstić information content (AvgIpc) is 3.66. The maximum atomic E-state index is 6.94. The summed E-state index contributed by atoms with van der Waals surface area (Å²) in [6.45, 7) is 0. The molecule has 0 N–H and O–H groups in total. The average molecular weight is 817 g/mol. The first kappa shape index (κ1) is 36.1. The second-order valence-electron chi connectivity index (χ2n) is 16.5. The summed E-state index contributed by atoms with van der Waals surface area (Å²) in [6, 6.07) is 72.9. The number of para-hydroxylation sites is 2. The van der Waals surface area contributed by atoms with Crippen LogP contribution in [-0.4, -0.2) is 19.9 Å². The molecule has 0 amide bonds. The van der Waals surface area contributed by atoms with E-state index in [0.29, 0.717) is 0 Å². The second-order valence-corrected chi connectivity index (χ2v) is 16.5. The molecule has 0 saturated heterocycles. The topological polar surface area (TPSA) is 60.8 Å². The SMILES string of the molecule is c1ccc(-c2cc(-c3ccc(-c4ccc(-c5nc6ccccc6c6cc7c(cc56)Oc5ccccc5C75c6ccccc6-c6ccccc65)cc4)cc3)cc(-c3ccccn3)n2)nc1. The molecule has 7 aromatic carbocycles. The van der Waals surface area contributed by atoms with Gasteiger partial charge in [-0.1, -0.05) is 146 Å². The quantitative estimate of drug-likeness (QED) is 0.162. The van der Waals surface area contributed by atoms with Crippen LogP contribution < -0.4 is 4.74 Å². The summed E-state index contributed by atoms with van der Waals surface area (Å²) in [7, 11) is 0. The van der Waals surface area contributed by atoms with E-state index >= 15 is 0 Å². The molecule has 0 saturated carbocycles. The third kappa shape index (κ3) is 5.51. The summed E-state index contributed by atoms with van der Waals surface area (Å²) in [6.07, 6.45) is 3.60. The summed E-state index contributed by atoms with van der Waals surface area (Å²) >= 11 is 0. The van der Waals surface area contributed by atoms with E-state index in [1.54, 1.807) is 12.4 Å². The van der Waals surface area contributed by atoms with E-state index < -0.39 is 5.41 Å². The number of nitrogens with zero attached hydrogens (tertiary/aromatic N) is 4. The van der Waals surface area contributed by atoms with Crippen molar-refractivity contribution in [3.05, 3.63) is 241 Å². The van der Waals surface area contributed by atoms with Gasteiger partial charge in [-0.15, -0.1) is 0 Å². The molecule has 0 bridgehead atoms. The number of rotatable bonds is 5. The van der Waals surface area contributed by atoms with E-state index in [9.17, 15) is 0 Å². The predicted octanol–water partition coefficient (Wildman–Crippen LogP) is 14.4. The van der Waals surface area contributed by atoms with Crippen molar-refractivity contribution in [2.75, 3.05) is 0 Å². The van der Waals surface area contributed by atoms with Crippen LogP contribution in [0.1, 0.15) is 22.3 Å². The Hall–Kier alpha value is -8.54. The van der Waals surface area contributed by atoms with Crippen LogP contribution in [-0.2, 0) is 5.41 Å². The fraction of sp³-hybridized carbons (Fsp3) is 0.0169. The van der Waals surface area contributed by atoms with Gasteiger partial charge in [0, 0.05) is 39.9 Å². The number of fused-ring (bicyclic) bond motifs is 12. The number of hydrogen-bond donors (Lipinski definition) is 0. The van der Waals surface area contributed by atoms with Crippen LogP contribution in [0.5, 0.6) is 11.5 Å². The smallest absolute Gasteiger partial charge is 0.132 e. The lowest BCUT2D eigenvalue weighted by molar-refractivity contribution is 0.437. The van der Waals surface area contributed by atoms with Gasteiger partial charge in [0.25, 0.3) is 0 Å². The van der Waals surface area contributed by atoms with Gasteiger partial charge in [-0.3, -0.25) is 9.97 Å². The first-order valence-electron chi connectivity index (χ1n) is 21.6. The van der Waals surface area contributed by atoms with Gasteiger partial charge >= 0.3 is 0 Å². The van der Waals surface area contributed by atoms with Crippen LogP contribution in [0.25, 0.3) is 89.1 Å². The van der Waals surface area contributed by atoms with E-state index in [2.05, 4.69) is 180 Å². The van der Waals surface area contributed by atoms with E-state index in [-0.39, 0.29) is 0 Å². The molecule has 5 nitrogen and oxygen atoms in total. The van der Waals surface area contributed by atoms with Crippen LogP contribution >= 0.6 is 0 Å². The molecule has 5 heterocycles. The molecule has 0 radical (unpaired) electrons. The number of ether oxygens (including phenoxy) is 1. The summed E-state index contributed by atoms with van der Waals surface area (Å²) in [4.78, 5) is 19.5. The molecule has 1 spiro atoms. The highest BCUT2D eigenvalue weighted by Gasteiger charge is 2.51. The number of aromatic nitrogens is 4. The van der Waals surface area contributed by atoms with Gasteiger partial charge in [0.15, 0.2) is 0 Å². The highest BCUT2D eigenvalue weighted by Crippen LogP contribution is 2.62. The molecule has 5 heteroatoms. The lowest BCUT2D eigenvalue weighted by Gasteiger charge is -2.39. The van der Waals surface area contributed by atoms with Crippen molar-refractivity contribution in [1.29, 1.82) is 0 Å². The molecule has 0 atom stereocenters. The standard InChI is InChI=1S/C59H36N4O/c1-4-16-47-42(13-1)43-14-2-5-17-48(43)59(47)49-18-6-8-22-56(49)64-57-36-46-45(35-50(57)59)44-15-3-7-19-51(44)63-58(46)40-29-27-38(28-30-40)37-23-25-39(26-24-37)41-33-54(52-20-9-11-31-60-52)62-55(34-41)53-21-10-12-32-61-53/h1-36H. The van der Waals surface area contributed by atoms with Crippen LogP contribution in [0.3, 0.4) is 0 Å². The van der Waals surface area contributed by atoms with Crippen LogP contribution in [0.15, 0.2) is 219 Å². The van der Waals surface area contributed by atoms with Crippen molar-refractivity contribution >= 4 is 21.7 Å². The minimum Gasteiger partial charge on any atom is -0.457 e. The van der Waals surface area contributed by atoms with Crippen LogP contribution in [0.2, 0.25) is 0 Å². The van der Waals surface area contributed by atoms with E-state index in [0.717, 1.165) is 101 Å². The van der Waals surface area contributed by atoms with Crippen molar-refractivity contribution in [2.24, 2.45) is 0 Å². The fourth-order valence-electron chi connectivity index (χ4n) is 10.2. The Morgan fingerprint density at radius 2 is 0.859 bits per heavy atom. The molecule has 4 aromatic heterocycles. The van der Waals surface area contributed by atoms with Gasteiger partial charge in [0.1, 0.15) is 11.5 Å². The fourth-order valence-corrected chi connectivity index (χ4v) is 10.2. The third-order valence-electron chi connectivity index (χ3n) is 13.1. The summed E-state index contributed by atoms with van der Waals surface area (Å²) in [5, 5.41) is 3.32. The predicted molar refractivity (Wildman–Crippen MR) is 257 cm³/mol. The molecule has 2 aliphatic rings. The Bertz CT molecular complexity index is 3520. The van der Waals surface area contributed by atoms with Crippen molar-refractivity contribution in [3.63, 3.8) is 0 Å². The molecule has 1 aliphatic heterocycles. The zero-order valence-corrected chi connectivity index (χ0v) is 34.5. The van der Waals surface area contributed by atoms with E-state index in [1.165, 1.54) is 22.3 Å². The Labute approximate surface area is 370 Å². The number of hydrogen-bond acceptors (Lipinski definition) is 5. The molecule has 13 rings (SSSR count). The van der Waals surface area contributed by atoms with Crippen molar-refractivity contribution < 1.29 is 4.74 Å². The van der Waals surface area contributed by atoms with Gasteiger partial charge in [-0.05, 0) is 111 Å². The monoisotopic (exact) mass is 816 g/mol. The molecule has 298 valence electrons. The second kappa shape index (κ2) is 14.3. The highest BCUT2D eigenvalue weighted by atomic mass is 16.5. The first-order valence-corrected chi connectivity index (χ1v) is 21.6. The molecule has 0 unspecified atom stereocenters. The molecule has 64 heavy (non-hydrogen) atoms. The summed E-state index contributed by atoms with van der Waals surface area (Å²) < 4.78 is 6.94. The highest BCUT2D eigenvalue weighted by molar-refractivity contribution is 6.12. The maximum absolute atomic E-state index is 6.94.